The Hall–Kier alpha value is -1.03. The minimum absolute atomic E-state index is 0.141. The molecule has 0 bridgehead atoms. The third-order valence-electron chi connectivity index (χ3n) is 0.992. The molecule has 9 heavy (non-hydrogen) atoms. The fourth-order valence-corrected chi connectivity index (χ4v) is 0.481. The average Bonchev–Trinajstić information content (AvgIpc) is 1.80. The van der Waals surface area contributed by atoms with Gasteiger partial charge in [-0.3, -0.25) is 0 Å². The molecular weight excluding hydrogens is 120 g/mol. The summed E-state index contributed by atoms with van der Waals surface area (Å²) in [5, 5.41) is 20.8. The molecular formula is C5H7N2O2. The molecule has 1 heterocycles. The monoisotopic (exact) mass is 127 g/mol. The second kappa shape index (κ2) is 2.06. The quantitative estimate of drug-likeness (QED) is 0.470. The zero-order valence-electron chi connectivity index (χ0n) is 4.94. The van der Waals surface area contributed by atoms with Crippen LogP contribution < -0.4 is 5.32 Å². The van der Waals surface area contributed by atoms with Crippen molar-refractivity contribution in [3.63, 3.8) is 0 Å². The molecule has 0 aliphatic carbocycles. The topological polar surface area (TPSA) is 66.9 Å². The first-order valence-corrected chi connectivity index (χ1v) is 2.52. The maximum Gasteiger partial charge on any atom is 0.246 e. The molecule has 2 N–H and O–H groups in total. The molecule has 0 spiro atoms. The van der Waals surface area contributed by atoms with Crippen molar-refractivity contribution >= 4 is 6.21 Å². The fourth-order valence-electron chi connectivity index (χ4n) is 0.481. The van der Waals surface area contributed by atoms with Crippen molar-refractivity contribution in [1.82, 2.24) is 5.32 Å². The molecule has 0 saturated heterocycles. The maximum atomic E-state index is 8.81. The van der Waals surface area contributed by atoms with Crippen LogP contribution in [-0.4, -0.2) is 22.8 Å². The molecule has 1 atom stereocenters. The van der Waals surface area contributed by atoms with Gasteiger partial charge >= 0.3 is 0 Å². The number of aliphatic hydroxyl groups excluding tert-OH is 2. The predicted molar refractivity (Wildman–Crippen MR) is 32.0 cm³/mol. The van der Waals surface area contributed by atoms with Crippen molar-refractivity contribution in [2.24, 2.45) is 4.99 Å². The van der Waals surface area contributed by atoms with E-state index >= 15 is 0 Å². The fraction of sp³-hybridized carbons (Fsp3) is 0.400. The van der Waals surface area contributed by atoms with Gasteiger partial charge in [0.15, 0.2) is 0 Å². The van der Waals surface area contributed by atoms with E-state index in [0.717, 1.165) is 0 Å². The van der Waals surface area contributed by atoms with E-state index in [1.54, 1.807) is 6.92 Å². The van der Waals surface area contributed by atoms with Gasteiger partial charge in [0.05, 0.1) is 0 Å². The highest BCUT2D eigenvalue weighted by atomic mass is 16.3. The van der Waals surface area contributed by atoms with E-state index in [2.05, 4.69) is 10.3 Å². The van der Waals surface area contributed by atoms with E-state index in [9.17, 15) is 0 Å². The van der Waals surface area contributed by atoms with E-state index in [1.165, 1.54) is 6.21 Å². The maximum absolute atomic E-state index is 8.81. The third kappa shape index (κ3) is 1.20. The number of allylic oxidation sites excluding steroid dienone is 1. The number of aliphatic hydroxyl groups is 2. The van der Waals surface area contributed by atoms with Gasteiger partial charge in [-0.25, -0.2) is 4.99 Å². The number of hydrogen-bond donors (Lipinski definition) is 2. The van der Waals surface area contributed by atoms with Gasteiger partial charge in [-0.05, 0) is 6.92 Å². The summed E-state index contributed by atoms with van der Waals surface area (Å²) < 4.78 is 0. The van der Waals surface area contributed by atoms with Crippen molar-refractivity contribution in [3.8, 4) is 0 Å². The molecule has 49 valence electrons. The molecule has 0 aromatic carbocycles. The highest BCUT2D eigenvalue weighted by Crippen LogP contribution is 2.02. The lowest BCUT2D eigenvalue weighted by molar-refractivity contribution is 0.129. The van der Waals surface area contributed by atoms with E-state index in [-0.39, 0.29) is 5.88 Å². The van der Waals surface area contributed by atoms with Crippen LogP contribution in [0, 0.1) is 0 Å². The molecule has 1 rings (SSSR count). The van der Waals surface area contributed by atoms with Gasteiger partial charge in [0.2, 0.25) is 12.2 Å². The van der Waals surface area contributed by atoms with Gasteiger partial charge in [-0.2, -0.15) is 5.32 Å². The van der Waals surface area contributed by atoms with Gasteiger partial charge in [0.1, 0.15) is 0 Å². The van der Waals surface area contributed by atoms with Crippen LogP contribution >= 0.6 is 0 Å². The van der Waals surface area contributed by atoms with Gasteiger partial charge < -0.3 is 10.2 Å². The summed E-state index contributed by atoms with van der Waals surface area (Å²) >= 11 is 0. The van der Waals surface area contributed by atoms with Crippen LogP contribution in [-0.2, 0) is 0 Å². The molecule has 0 aromatic rings. The average molecular weight is 127 g/mol. The van der Waals surface area contributed by atoms with Crippen molar-refractivity contribution in [2.45, 2.75) is 13.3 Å². The van der Waals surface area contributed by atoms with E-state index < -0.39 is 6.35 Å². The molecule has 0 saturated carbocycles. The lowest BCUT2D eigenvalue weighted by Crippen LogP contribution is -2.23. The van der Waals surface area contributed by atoms with Crippen LogP contribution in [0.4, 0.5) is 0 Å². The number of hydrogen-bond acceptors (Lipinski definition) is 3. The predicted octanol–water partition coefficient (Wildman–Crippen LogP) is -0.259. The van der Waals surface area contributed by atoms with Crippen LogP contribution in [0.3, 0.4) is 0 Å². The van der Waals surface area contributed by atoms with E-state index in [1.807, 2.05) is 0 Å². The molecule has 4 heteroatoms. The Balaban J connectivity index is 2.75. The first kappa shape index (κ1) is 6.10. The summed E-state index contributed by atoms with van der Waals surface area (Å²) in [5.41, 5.74) is 0.570. The standard InChI is InChI=1S/C5H7N2O2/c1-3-2-6-5(9)7-4(3)8/h2,5,8-9H,1H3. The first-order valence-electron chi connectivity index (χ1n) is 2.52. The number of aliphatic imine (C=N–C) groups is 1. The Labute approximate surface area is 52.5 Å². The smallest absolute Gasteiger partial charge is 0.246 e. The van der Waals surface area contributed by atoms with E-state index in [0.29, 0.717) is 5.57 Å². The van der Waals surface area contributed by atoms with E-state index in [4.69, 9.17) is 10.2 Å². The third-order valence-corrected chi connectivity index (χ3v) is 0.992. The van der Waals surface area contributed by atoms with Crippen molar-refractivity contribution in [1.29, 1.82) is 0 Å². The number of nitrogens with zero attached hydrogens (tertiary/aromatic N) is 2. The molecule has 4 nitrogen and oxygen atoms in total. The number of rotatable bonds is 0. The van der Waals surface area contributed by atoms with Gasteiger partial charge in [-0.15, -0.1) is 0 Å². The summed E-state index contributed by atoms with van der Waals surface area (Å²) in [7, 11) is 0. The van der Waals surface area contributed by atoms with Crippen LogP contribution in [0.1, 0.15) is 6.92 Å². The van der Waals surface area contributed by atoms with Crippen molar-refractivity contribution in [2.75, 3.05) is 0 Å². The van der Waals surface area contributed by atoms with Crippen LogP contribution in [0.25, 0.3) is 0 Å². The van der Waals surface area contributed by atoms with Gasteiger partial charge in [0, 0.05) is 11.8 Å². The van der Waals surface area contributed by atoms with Crippen LogP contribution in [0.15, 0.2) is 16.4 Å². The summed E-state index contributed by atoms with van der Waals surface area (Å²) in [4.78, 5) is 3.51. The van der Waals surface area contributed by atoms with Crippen molar-refractivity contribution in [3.05, 3.63) is 11.5 Å². The lowest BCUT2D eigenvalue weighted by Gasteiger charge is -2.10. The highest BCUT2D eigenvalue weighted by Gasteiger charge is 2.10. The molecule has 0 amide bonds. The normalized spacial score (nSPS) is 26.2. The van der Waals surface area contributed by atoms with Crippen molar-refractivity contribution < 1.29 is 10.2 Å². The first-order chi connectivity index (χ1) is 4.20. The Kier molecular flexibility index (Phi) is 1.40. The lowest BCUT2D eigenvalue weighted by atomic mass is 10.3. The molecule has 0 aromatic heterocycles. The molecule has 1 unspecified atom stereocenters. The SMILES string of the molecule is CC1=C(O)[N]C(O)N=C1. The summed E-state index contributed by atoms with van der Waals surface area (Å²) in [6.07, 6.45) is 0.265. The van der Waals surface area contributed by atoms with Gasteiger partial charge in [0.25, 0.3) is 0 Å². The second-order valence-corrected chi connectivity index (χ2v) is 1.76. The Morgan fingerprint density at radius 3 is 2.78 bits per heavy atom. The minimum Gasteiger partial charge on any atom is -0.493 e. The Morgan fingerprint density at radius 1 is 1.67 bits per heavy atom. The Morgan fingerprint density at radius 2 is 2.33 bits per heavy atom. The summed E-state index contributed by atoms with van der Waals surface area (Å²) in [6.45, 7) is 1.66. The zero-order valence-corrected chi connectivity index (χ0v) is 4.94. The van der Waals surface area contributed by atoms with Crippen LogP contribution in [0.5, 0.6) is 0 Å². The Bertz CT molecular complexity index is 174. The van der Waals surface area contributed by atoms with Gasteiger partial charge in [-0.1, -0.05) is 0 Å². The molecule has 0 fully saturated rings. The molecule has 1 aliphatic heterocycles. The molecule has 1 radical (unpaired) electrons. The summed E-state index contributed by atoms with van der Waals surface area (Å²) in [5.74, 6) is -0.141. The minimum atomic E-state index is -1.12. The summed E-state index contributed by atoms with van der Waals surface area (Å²) in [6, 6.07) is 0. The largest absolute Gasteiger partial charge is 0.493 e. The van der Waals surface area contributed by atoms with Crippen LogP contribution in [0.2, 0.25) is 0 Å². The highest BCUT2D eigenvalue weighted by molar-refractivity contribution is 5.78. The second-order valence-electron chi connectivity index (χ2n) is 1.76. The molecule has 1 aliphatic rings. The zero-order chi connectivity index (χ0) is 6.85.